The van der Waals surface area contributed by atoms with Gasteiger partial charge in [-0.05, 0) is 0 Å². The molecule has 0 aliphatic carbocycles. The molecule has 6 heteroatoms. The van der Waals surface area contributed by atoms with Gasteiger partial charge in [0.05, 0.1) is 6.20 Å². The van der Waals surface area contributed by atoms with E-state index in [1.54, 1.807) is 5.48 Å². The molecule has 1 aliphatic rings. The fraction of sp³-hybridized carbons (Fsp3) is 0. The molecule has 0 aromatic rings. The second-order valence-corrected chi connectivity index (χ2v) is 1.31. The van der Waals surface area contributed by atoms with Gasteiger partial charge in [0.2, 0.25) is 5.96 Å². The second kappa shape index (κ2) is 2.33. The molecular weight excluding hydrogens is 124 g/mol. The van der Waals surface area contributed by atoms with Crippen molar-refractivity contribution in [2.75, 3.05) is 0 Å². The average molecular weight is 130 g/mol. The van der Waals surface area contributed by atoms with E-state index in [9.17, 15) is 0 Å². The first-order chi connectivity index (χ1) is 4.34. The number of nitrogens with zero attached hydrogens (tertiary/aromatic N) is 1. The molecule has 0 fully saturated rings. The van der Waals surface area contributed by atoms with Crippen LogP contribution in [0.5, 0.6) is 0 Å². The lowest BCUT2D eigenvalue weighted by Gasteiger charge is -2.10. The molecular formula is C3H6N4O2. The van der Waals surface area contributed by atoms with Crippen LogP contribution in [0.1, 0.15) is 0 Å². The Bertz CT molecular complexity index is 145. The zero-order chi connectivity index (χ0) is 6.69. The molecule has 0 saturated carbocycles. The SMILES string of the molecule is N=C(NO)N1C=CNO1. The topological polar surface area (TPSA) is 80.6 Å². The van der Waals surface area contributed by atoms with Crippen molar-refractivity contribution in [1.82, 2.24) is 16.0 Å². The maximum Gasteiger partial charge on any atom is 0.246 e. The van der Waals surface area contributed by atoms with Crippen molar-refractivity contribution in [2.24, 2.45) is 0 Å². The van der Waals surface area contributed by atoms with Gasteiger partial charge in [0.15, 0.2) is 0 Å². The van der Waals surface area contributed by atoms with Gasteiger partial charge >= 0.3 is 0 Å². The van der Waals surface area contributed by atoms with Gasteiger partial charge in [-0.15, -0.1) is 4.94 Å². The van der Waals surface area contributed by atoms with Crippen LogP contribution in [-0.4, -0.2) is 16.2 Å². The lowest BCUT2D eigenvalue weighted by atomic mass is 10.8. The first-order valence-corrected chi connectivity index (χ1v) is 2.21. The molecule has 9 heavy (non-hydrogen) atoms. The molecule has 1 rings (SSSR count). The zero-order valence-corrected chi connectivity index (χ0v) is 4.46. The van der Waals surface area contributed by atoms with Crippen molar-refractivity contribution >= 4 is 5.96 Å². The van der Waals surface area contributed by atoms with Crippen LogP contribution >= 0.6 is 0 Å². The third kappa shape index (κ3) is 1.09. The van der Waals surface area contributed by atoms with Crippen molar-refractivity contribution in [3.63, 3.8) is 0 Å². The van der Waals surface area contributed by atoms with Crippen LogP contribution < -0.4 is 11.0 Å². The van der Waals surface area contributed by atoms with Gasteiger partial charge in [-0.1, -0.05) is 0 Å². The summed E-state index contributed by atoms with van der Waals surface area (Å²) in [5, 5.41) is 16.0. The second-order valence-electron chi connectivity index (χ2n) is 1.31. The van der Waals surface area contributed by atoms with E-state index in [0.29, 0.717) is 0 Å². The van der Waals surface area contributed by atoms with Crippen LogP contribution in [0.2, 0.25) is 0 Å². The predicted molar refractivity (Wildman–Crippen MR) is 27.8 cm³/mol. The number of nitrogens with one attached hydrogen (secondary N) is 3. The lowest BCUT2D eigenvalue weighted by Crippen LogP contribution is -2.34. The maximum atomic E-state index is 8.14. The first kappa shape index (κ1) is 5.86. The highest BCUT2D eigenvalue weighted by molar-refractivity contribution is 5.75. The normalized spacial score (nSPS) is 15.4. The smallest absolute Gasteiger partial charge is 0.246 e. The summed E-state index contributed by atoms with van der Waals surface area (Å²) in [5.74, 6) is -0.253. The maximum absolute atomic E-state index is 8.14. The Morgan fingerprint density at radius 2 is 2.67 bits per heavy atom. The number of guanidine groups is 1. The molecule has 0 bridgehead atoms. The Hall–Kier alpha value is -1.27. The quantitative estimate of drug-likeness (QED) is 0.194. The largest absolute Gasteiger partial charge is 0.288 e. The minimum Gasteiger partial charge on any atom is -0.288 e. The summed E-state index contributed by atoms with van der Waals surface area (Å²) >= 11 is 0. The Balaban J connectivity index is 2.43. The molecule has 1 heterocycles. The summed E-state index contributed by atoms with van der Waals surface area (Å²) < 4.78 is 0. The van der Waals surface area contributed by atoms with E-state index in [2.05, 4.69) is 10.4 Å². The summed E-state index contributed by atoms with van der Waals surface area (Å²) in [5.41, 5.74) is 3.94. The molecule has 0 saturated heterocycles. The molecule has 50 valence electrons. The molecule has 4 N–H and O–H groups in total. The van der Waals surface area contributed by atoms with Crippen LogP contribution in [-0.2, 0) is 4.94 Å². The first-order valence-electron chi connectivity index (χ1n) is 2.21. The molecule has 0 atom stereocenters. The lowest BCUT2D eigenvalue weighted by molar-refractivity contribution is -0.0957. The van der Waals surface area contributed by atoms with Crippen LogP contribution in [0.4, 0.5) is 0 Å². The van der Waals surface area contributed by atoms with Gasteiger partial charge < -0.3 is 0 Å². The molecule has 0 radical (unpaired) electrons. The molecule has 1 aliphatic heterocycles. The van der Waals surface area contributed by atoms with Crippen molar-refractivity contribution in [1.29, 1.82) is 5.41 Å². The van der Waals surface area contributed by atoms with Gasteiger partial charge in [0, 0.05) is 6.20 Å². The zero-order valence-electron chi connectivity index (χ0n) is 4.46. The fourth-order valence-corrected chi connectivity index (χ4v) is 0.385. The molecule has 0 aromatic carbocycles. The monoisotopic (exact) mass is 130 g/mol. The van der Waals surface area contributed by atoms with Gasteiger partial charge in [0.25, 0.3) is 0 Å². The van der Waals surface area contributed by atoms with Gasteiger partial charge in [-0.3, -0.25) is 10.6 Å². The molecule has 0 aromatic heterocycles. The minimum absolute atomic E-state index is 0.253. The number of hydrogen-bond donors (Lipinski definition) is 4. The Morgan fingerprint density at radius 3 is 3.11 bits per heavy atom. The fourth-order valence-electron chi connectivity index (χ4n) is 0.385. The van der Waals surface area contributed by atoms with Gasteiger partial charge in [-0.25, -0.2) is 11.0 Å². The molecule has 0 amide bonds. The highest BCUT2D eigenvalue weighted by atomic mass is 16.8. The van der Waals surface area contributed by atoms with E-state index in [1.807, 2.05) is 0 Å². The van der Waals surface area contributed by atoms with Gasteiger partial charge in [-0.2, -0.15) is 5.06 Å². The average Bonchev–Trinajstić information content (AvgIpc) is 2.37. The summed E-state index contributed by atoms with van der Waals surface area (Å²) in [4.78, 5) is 4.53. The summed E-state index contributed by atoms with van der Waals surface area (Å²) in [6, 6.07) is 0. The van der Waals surface area contributed by atoms with E-state index in [-0.39, 0.29) is 5.96 Å². The van der Waals surface area contributed by atoms with Crippen LogP contribution in [0, 0.1) is 5.41 Å². The number of hydrogen-bond acceptors (Lipinski definition) is 4. The van der Waals surface area contributed by atoms with E-state index >= 15 is 0 Å². The summed E-state index contributed by atoms with van der Waals surface area (Å²) in [6.45, 7) is 0. The Kier molecular flexibility index (Phi) is 1.52. The predicted octanol–water partition coefficient (Wildman–Crippen LogP) is -0.877. The van der Waals surface area contributed by atoms with Crippen LogP contribution in [0.25, 0.3) is 0 Å². The number of hydroxylamine groups is 4. The van der Waals surface area contributed by atoms with E-state index in [0.717, 1.165) is 5.06 Å². The van der Waals surface area contributed by atoms with E-state index in [1.165, 1.54) is 12.4 Å². The summed E-state index contributed by atoms with van der Waals surface area (Å²) in [7, 11) is 0. The van der Waals surface area contributed by atoms with Crippen LogP contribution in [0.15, 0.2) is 12.4 Å². The highest BCUT2D eigenvalue weighted by Gasteiger charge is 2.08. The number of rotatable bonds is 0. The third-order valence-electron chi connectivity index (χ3n) is 0.755. The third-order valence-corrected chi connectivity index (χ3v) is 0.755. The van der Waals surface area contributed by atoms with Crippen molar-refractivity contribution in [2.45, 2.75) is 0 Å². The standard InChI is InChI=1S/C3H6N4O2/c4-3(6-8)7-2-1-5-9-7/h1-2,5,8H,(H2,4,6). The van der Waals surface area contributed by atoms with E-state index in [4.69, 9.17) is 10.6 Å². The molecule has 0 spiro atoms. The molecule has 0 unspecified atom stereocenters. The van der Waals surface area contributed by atoms with Crippen molar-refractivity contribution < 1.29 is 10.1 Å². The minimum atomic E-state index is -0.253. The van der Waals surface area contributed by atoms with Crippen LogP contribution in [0.3, 0.4) is 0 Å². The van der Waals surface area contributed by atoms with Crippen molar-refractivity contribution in [3.8, 4) is 0 Å². The van der Waals surface area contributed by atoms with Crippen molar-refractivity contribution in [3.05, 3.63) is 12.4 Å². The Labute approximate surface area is 51.1 Å². The summed E-state index contributed by atoms with van der Waals surface area (Å²) in [6.07, 6.45) is 2.91. The molecule has 6 nitrogen and oxygen atoms in total. The van der Waals surface area contributed by atoms with E-state index < -0.39 is 0 Å². The Morgan fingerprint density at radius 1 is 1.89 bits per heavy atom. The van der Waals surface area contributed by atoms with Gasteiger partial charge in [0.1, 0.15) is 0 Å². The highest BCUT2D eigenvalue weighted by Crippen LogP contribution is 1.93.